The summed E-state index contributed by atoms with van der Waals surface area (Å²) in [6.45, 7) is 4.01. The molecule has 1 aliphatic rings. The van der Waals surface area contributed by atoms with Gasteiger partial charge in [-0.05, 0) is 25.5 Å². The Bertz CT molecular complexity index is 523. The average molecular weight is 306 g/mol. The van der Waals surface area contributed by atoms with Crippen molar-refractivity contribution >= 4 is 5.71 Å². The molecular formula is C18H24F2N2. The first kappa shape index (κ1) is 18.1. The average Bonchev–Trinajstić information content (AvgIpc) is 2.74. The number of hydrogen-bond acceptors (Lipinski definition) is 2. The van der Waals surface area contributed by atoms with E-state index in [0.29, 0.717) is 6.42 Å². The van der Waals surface area contributed by atoms with Crippen molar-refractivity contribution in [3.05, 3.63) is 59.9 Å². The van der Waals surface area contributed by atoms with Crippen LogP contribution < -0.4 is 5.32 Å². The highest BCUT2D eigenvalue weighted by atomic mass is 19.3. The largest absolute Gasteiger partial charge is 0.378 e. The van der Waals surface area contributed by atoms with Crippen LogP contribution in [0.4, 0.5) is 8.78 Å². The van der Waals surface area contributed by atoms with Gasteiger partial charge in [0, 0.05) is 30.5 Å². The van der Waals surface area contributed by atoms with Crippen LogP contribution in [0.2, 0.25) is 0 Å². The van der Waals surface area contributed by atoms with Gasteiger partial charge in [0.25, 0.3) is 6.43 Å². The van der Waals surface area contributed by atoms with Gasteiger partial charge in [-0.3, -0.25) is 4.99 Å². The number of hydrogen-bond donors (Lipinski definition) is 1. The molecule has 0 fully saturated rings. The predicted octanol–water partition coefficient (Wildman–Crippen LogP) is 4.59. The Morgan fingerprint density at radius 1 is 1.41 bits per heavy atom. The molecular weight excluding hydrogens is 282 g/mol. The zero-order valence-corrected chi connectivity index (χ0v) is 13.4. The summed E-state index contributed by atoms with van der Waals surface area (Å²) in [7, 11) is 1.77. The molecule has 0 amide bonds. The number of nitrogens with zero attached hydrogens (tertiary/aromatic N) is 1. The zero-order valence-electron chi connectivity index (χ0n) is 13.4. The highest BCUT2D eigenvalue weighted by Crippen LogP contribution is 2.16. The van der Waals surface area contributed by atoms with E-state index < -0.39 is 6.43 Å². The predicted molar refractivity (Wildman–Crippen MR) is 90.5 cm³/mol. The maximum atomic E-state index is 12.7. The van der Waals surface area contributed by atoms with Gasteiger partial charge < -0.3 is 5.32 Å². The fourth-order valence-electron chi connectivity index (χ4n) is 2.06. The molecule has 1 aliphatic carbocycles. The summed E-state index contributed by atoms with van der Waals surface area (Å²) in [6.07, 6.45) is 13.4. The minimum absolute atomic E-state index is 0.00875. The lowest BCUT2D eigenvalue weighted by atomic mass is 10.1. The number of rotatable bonds is 7. The Kier molecular flexibility index (Phi) is 8.11. The van der Waals surface area contributed by atoms with E-state index in [2.05, 4.69) is 17.2 Å². The molecule has 0 aromatic rings. The molecule has 1 atom stereocenters. The third-order valence-electron chi connectivity index (χ3n) is 3.29. The van der Waals surface area contributed by atoms with Crippen LogP contribution in [0, 0.1) is 0 Å². The van der Waals surface area contributed by atoms with Crippen molar-refractivity contribution in [2.45, 2.75) is 39.2 Å². The van der Waals surface area contributed by atoms with Crippen LogP contribution in [0.1, 0.15) is 26.7 Å². The number of nitrogens with one attached hydrogen (secondary N) is 1. The molecule has 120 valence electrons. The van der Waals surface area contributed by atoms with Gasteiger partial charge >= 0.3 is 0 Å². The Labute approximate surface area is 131 Å². The lowest BCUT2D eigenvalue weighted by Gasteiger charge is -2.15. The Balaban J connectivity index is 2.76. The van der Waals surface area contributed by atoms with Crippen molar-refractivity contribution < 1.29 is 8.78 Å². The van der Waals surface area contributed by atoms with Crippen molar-refractivity contribution in [2.24, 2.45) is 4.99 Å². The van der Waals surface area contributed by atoms with E-state index in [-0.39, 0.29) is 11.6 Å². The Morgan fingerprint density at radius 3 is 2.77 bits per heavy atom. The fourth-order valence-corrected chi connectivity index (χ4v) is 2.06. The second kappa shape index (κ2) is 9.87. The van der Waals surface area contributed by atoms with Gasteiger partial charge in [-0.2, -0.15) is 0 Å². The number of aliphatic imine (C=N–C) groups is 1. The number of halogens is 2. The van der Waals surface area contributed by atoms with E-state index in [1.165, 1.54) is 6.08 Å². The van der Waals surface area contributed by atoms with Crippen molar-refractivity contribution in [1.29, 1.82) is 0 Å². The molecule has 0 radical (unpaired) electrons. The molecule has 0 aromatic carbocycles. The summed E-state index contributed by atoms with van der Waals surface area (Å²) in [6, 6.07) is 0.00875. The lowest BCUT2D eigenvalue weighted by molar-refractivity contribution is 0.194. The number of allylic oxidation sites excluding steroid dienone is 7. The Hall–Kier alpha value is -1.97. The molecule has 0 heterocycles. The van der Waals surface area contributed by atoms with Gasteiger partial charge in [0.15, 0.2) is 0 Å². The molecule has 0 saturated carbocycles. The molecule has 0 aromatic heterocycles. The topological polar surface area (TPSA) is 24.4 Å². The molecule has 2 nitrogen and oxygen atoms in total. The van der Waals surface area contributed by atoms with Crippen molar-refractivity contribution in [1.82, 2.24) is 5.32 Å². The van der Waals surface area contributed by atoms with Crippen LogP contribution in [0.15, 0.2) is 64.9 Å². The minimum Gasteiger partial charge on any atom is -0.378 e. The molecule has 0 aliphatic heterocycles. The molecule has 0 bridgehead atoms. The van der Waals surface area contributed by atoms with Gasteiger partial charge in [-0.15, -0.1) is 0 Å². The van der Waals surface area contributed by atoms with Gasteiger partial charge in [-0.1, -0.05) is 43.4 Å². The molecule has 1 unspecified atom stereocenters. The first-order valence-electron chi connectivity index (χ1n) is 7.49. The first-order valence-corrected chi connectivity index (χ1v) is 7.49. The van der Waals surface area contributed by atoms with Crippen LogP contribution >= 0.6 is 0 Å². The van der Waals surface area contributed by atoms with E-state index in [0.717, 1.165) is 17.8 Å². The van der Waals surface area contributed by atoms with Crippen LogP contribution in [-0.4, -0.2) is 25.2 Å². The van der Waals surface area contributed by atoms with E-state index in [1.54, 1.807) is 19.2 Å². The van der Waals surface area contributed by atoms with Crippen LogP contribution in [-0.2, 0) is 0 Å². The maximum absolute atomic E-state index is 12.7. The normalized spacial score (nSPS) is 17.8. The SMILES string of the molecule is CC=CC(/C=C\C(CC)=NC)NC1=CC=CC(C(F)F)=CC1. The summed E-state index contributed by atoms with van der Waals surface area (Å²) in [5.41, 5.74) is 2.00. The van der Waals surface area contributed by atoms with Gasteiger partial charge in [0.2, 0.25) is 0 Å². The van der Waals surface area contributed by atoms with E-state index in [1.807, 2.05) is 37.3 Å². The quantitative estimate of drug-likeness (QED) is 0.540. The molecule has 1 rings (SSSR count). The second-order valence-electron chi connectivity index (χ2n) is 4.88. The van der Waals surface area contributed by atoms with Crippen molar-refractivity contribution in [3.8, 4) is 0 Å². The van der Waals surface area contributed by atoms with Crippen molar-refractivity contribution in [3.63, 3.8) is 0 Å². The molecule has 1 N–H and O–H groups in total. The van der Waals surface area contributed by atoms with E-state index in [4.69, 9.17) is 0 Å². The highest BCUT2D eigenvalue weighted by Gasteiger charge is 2.10. The second-order valence-corrected chi connectivity index (χ2v) is 4.88. The summed E-state index contributed by atoms with van der Waals surface area (Å²) < 4.78 is 25.4. The van der Waals surface area contributed by atoms with E-state index in [9.17, 15) is 8.78 Å². The zero-order chi connectivity index (χ0) is 16.4. The maximum Gasteiger partial charge on any atom is 0.263 e. The number of alkyl halides is 2. The van der Waals surface area contributed by atoms with Crippen LogP contribution in [0.5, 0.6) is 0 Å². The van der Waals surface area contributed by atoms with Crippen LogP contribution in [0.25, 0.3) is 0 Å². The highest BCUT2D eigenvalue weighted by molar-refractivity contribution is 5.94. The first-order chi connectivity index (χ1) is 10.6. The lowest BCUT2D eigenvalue weighted by Crippen LogP contribution is -2.24. The summed E-state index contributed by atoms with van der Waals surface area (Å²) in [5, 5.41) is 3.35. The third-order valence-corrected chi connectivity index (χ3v) is 3.29. The summed E-state index contributed by atoms with van der Waals surface area (Å²) in [4.78, 5) is 4.19. The van der Waals surface area contributed by atoms with Crippen molar-refractivity contribution in [2.75, 3.05) is 7.05 Å². The van der Waals surface area contributed by atoms with Gasteiger partial charge in [0.05, 0.1) is 6.04 Å². The standard InChI is InChI=1S/C18H24F2N2/c1-4-7-16(13-12-15(5-2)21-3)22-17-9-6-8-14(10-11-17)18(19)20/h4,6-10,12-13,16,18,22H,5,11H2,1-3H3/b7-4?,13-12-,21-15?. The molecule has 4 heteroatoms. The van der Waals surface area contributed by atoms with Gasteiger partial charge in [-0.25, -0.2) is 8.78 Å². The fraction of sp³-hybridized carbons (Fsp3) is 0.389. The smallest absolute Gasteiger partial charge is 0.263 e. The van der Waals surface area contributed by atoms with Gasteiger partial charge in [0.1, 0.15) is 0 Å². The van der Waals surface area contributed by atoms with E-state index >= 15 is 0 Å². The van der Waals surface area contributed by atoms with Crippen LogP contribution in [0.3, 0.4) is 0 Å². The molecule has 0 saturated heterocycles. The monoisotopic (exact) mass is 306 g/mol. The third kappa shape index (κ3) is 6.20. The molecule has 22 heavy (non-hydrogen) atoms. The molecule has 0 spiro atoms. The Morgan fingerprint density at radius 2 is 2.18 bits per heavy atom. The summed E-state index contributed by atoms with van der Waals surface area (Å²) in [5.74, 6) is 0. The minimum atomic E-state index is -2.43. The summed E-state index contributed by atoms with van der Waals surface area (Å²) >= 11 is 0.